The molecule has 3 rings (SSSR count). The summed E-state index contributed by atoms with van der Waals surface area (Å²) in [5.41, 5.74) is 8.55. The van der Waals surface area contributed by atoms with E-state index < -0.39 is 0 Å². The molecule has 1 fully saturated rings. The summed E-state index contributed by atoms with van der Waals surface area (Å²) >= 11 is 0. The number of primary amides is 1. The normalized spacial score (nSPS) is 15.4. The molecule has 0 atom stereocenters. The van der Waals surface area contributed by atoms with Gasteiger partial charge in [-0.1, -0.05) is 0 Å². The number of benzene rings is 1. The number of hydrogen-bond acceptors (Lipinski definition) is 2. The lowest BCUT2D eigenvalue weighted by atomic mass is 9.96. The highest BCUT2D eigenvalue weighted by Crippen LogP contribution is 2.24. The number of nitrogens with zero attached hydrogens (tertiary/aromatic N) is 2. The SMILES string of the molecule is Cc1cc(C(=O)N2CCC(C(N)=O)CC2)c(C)n1-c1ccc(F)cc1. The standard InChI is InChI=1S/C19H22FN3O2/c1-12-11-17(13(2)23(12)16-5-3-15(20)4-6-16)19(25)22-9-7-14(8-10-22)18(21)24/h3-6,11,14H,7-10H2,1-2H3,(H2,21,24). The highest BCUT2D eigenvalue weighted by molar-refractivity contribution is 5.96. The van der Waals surface area contributed by atoms with Crippen molar-refractivity contribution >= 4 is 11.8 Å². The summed E-state index contributed by atoms with van der Waals surface area (Å²) in [4.78, 5) is 25.9. The largest absolute Gasteiger partial charge is 0.369 e. The van der Waals surface area contributed by atoms with E-state index in [0.29, 0.717) is 31.5 Å². The molecule has 1 aliphatic rings. The van der Waals surface area contributed by atoms with Crippen LogP contribution in [0.1, 0.15) is 34.6 Å². The smallest absolute Gasteiger partial charge is 0.255 e. The third-order valence-corrected chi connectivity index (χ3v) is 4.93. The highest BCUT2D eigenvalue weighted by Gasteiger charge is 2.28. The number of likely N-dealkylation sites (tertiary alicyclic amines) is 1. The molecule has 2 amide bonds. The summed E-state index contributed by atoms with van der Waals surface area (Å²) in [6.07, 6.45) is 1.22. The van der Waals surface area contributed by atoms with Gasteiger partial charge in [-0.2, -0.15) is 0 Å². The van der Waals surface area contributed by atoms with Crippen molar-refractivity contribution in [2.75, 3.05) is 13.1 Å². The quantitative estimate of drug-likeness (QED) is 0.931. The van der Waals surface area contributed by atoms with E-state index in [-0.39, 0.29) is 23.5 Å². The fourth-order valence-corrected chi connectivity index (χ4v) is 3.50. The van der Waals surface area contributed by atoms with Crippen molar-refractivity contribution in [3.8, 4) is 5.69 Å². The van der Waals surface area contributed by atoms with Gasteiger partial charge >= 0.3 is 0 Å². The second-order valence-electron chi connectivity index (χ2n) is 6.57. The van der Waals surface area contributed by atoms with E-state index in [0.717, 1.165) is 17.1 Å². The molecular formula is C19H22FN3O2. The second kappa shape index (κ2) is 6.70. The molecular weight excluding hydrogens is 321 g/mol. The van der Waals surface area contributed by atoms with E-state index in [4.69, 9.17) is 5.73 Å². The fourth-order valence-electron chi connectivity index (χ4n) is 3.50. The number of amides is 2. The van der Waals surface area contributed by atoms with Crippen LogP contribution in [0.5, 0.6) is 0 Å². The molecule has 2 N–H and O–H groups in total. The molecule has 0 unspecified atom stereocenters. The molecule has 0 aliphatic carbocycles. The molecule has 0 bridgehead atoms. The number of aromatic nitrogens is 1. The van der Waals surface area contributed by atoms with Gasteiger partial charge in [0.25, 0.3) is 5.91 Å². The molecule has 132 valence electrons. The maximum Gasteiger partial charge on any atom is 0.255 e. The zero-order valence-electron chi connectivity index (χ0n) is 14.5. The van der Waals surface area contributed by atoms with Gasteiger partial charge in [-0.25, -0.2) is 4.39 Å². The maximum atomic E-state index is 13.2. The number of rotatable bonds is 3. The van der Waals surface area contributed by atoms with E-state index in [1.165, 1.54) is 12.1 Å². The first kappa shape index (κ1) is 17.2. The van der Waals surface area contributed by atoms with Crippen LogP contribution >= 0.6 is 0 Å². The maximum absolute atomic E-state index is 13.2. The molecule has 25 heavy (non-hydrogen) atoms. The first-order chi connectivity index (χ1) is 11.9. The van der Waals surface area contributed by atoms with Crippen LogP contribution in [0.15, 0.2) is 30.3 Å². The van der Waals surface area contributed by atoms with E-state index in [9.17, 15) is 14.0 Å². The minimum Gasteiger partial charge on any atom is -0.369 e. The van der Waals surface area contributed by atoms with Gasteiger partial charge in [-0.3, -0.25) is 9.59 Å². The Labute approximate surface area is 146 Å². The van der Waals surface area contributed by atoms with Crippen LogP contribution in [-0.4, -0.2) is 34.4 Å². The zero-order valence-corrected chi connectivity index (χ0v) is 14.5. The van der Waals surface area contributed by atoms with E-state index in [1.807, 2.05) is 24.5 Å². The third-order valence-electron chi connectivity index (χ3n) is 4.93. The first-order valence-corrected chi connectivity index (χ1v) is 8.42. The Morgan fingerprint density at radius 2 is 1.72 bits per heavy atom. The number of hydrogen-bond donors (Lipinski definition) is 1. The molecule has 0 saturated carbocycles. The van der Waals surface area contributed by atoms with Crippen molar-refractivity contribution in [2.45, 2.75) is 26.7 Å². The average Bonchev–Trinajstić information content (AvgIpc) is 2.90. The lowest BCUT2D eigenvalue weighted by molar-refractivity contribution is -0.123. The zero-order chi connectivity index (χ0) is 18.1. The van der Waals surface area contributed by atoms with Crippen molar-refractivity contribution in [3.63, 3.8) is 0 Å². The summed E-state index contributed by atoms with van der Waals surface area (Å²) in [5.74, 6) is -0.763. The Morgan fingerprint density at radius 1 is 1.12 bits per heavy atom. The molecule has 0 spiro atoms. The van der Waals surface area contributed by atoms with Crippen LogP contribution in [0, 0.1) is 25.6 Å². The van der Waals surface area contributed by atoms with E-state index >= 15 is 0 Å². The molecule has 0 radical (unpaired) electrons. The summed E-state index contributed by atoms with van der Waals surface area (Å²) in [6, 6.07) is 8.07. The van der Waals surface area contributed by atoms with Crippen molar-refractivity contribution < 1.29 is 14.0 Å². The van der Waals surface area contributed by atoms with Gasteiger partial charge in [0.2, 0.25) is 5.91 Å². The second-order valence-corrected chi connectivity index (χ2v) is 6.57. The number of carbonyl (C=O) groups is 2. The van der Waals surface area contributed by atoms with Crippen LogP contribution in [0.4, 0.5) is 4.39 Å². The van der Waals surface area contributed by atoms with Gasteiger partial charge < -0.3 is 15.2 Å². The van der Waals surface area contributed by atoms with Gasteiger partial charge in [0.1, 0.15) is 5.82 Å². The molecule has 1 aromatic heterocycles. The predicted octanol–water partition coefficient (Wildman–Crippen LogP) is 2.57. The van der Waals surface area contributed by atoms with Gasteiger partial charge in [0.05, 0.1) is 5.56 Å². The van der Waals surface area contributed by atoms with Crippen LogP contribution in [0.2, 0.25) is 0 Å². The van der Waals surface area contributed by atoms with Gasteiger partial charge in [0.15, 0.2) is 0 Å². The van der Waals surface area contributed by atoms with Gasteiger partial charge in [0, 0.05) is 36.1 Å². The topological polar surface area (TPSA) is 68.3 Å². The minimum absolute atomic E-state index is 0.0376. The summed E-state index contributed by atoms with van der Waals surface area (Å²) in [7, 11) is 0. The molecule has 5 nitrogen and oxygen atoms in total. The minimum atomic E-state index is -0.292. The van der Waals surface area contributed by atoms with E-state index in [1.54, 1.807) is 17.0 Å². The molecule has 1 aromatic carbocycles. The summed E-state index contributed by atoms with van der Waals surface area (Å²) in [6.45, 7) is 4.88. The lowest BCUT2D eigenvalue weighted by Gasteiger charge is -2.30. The highest BCUT2D eigenvalue weighted by atomic mass is 19.1. The number of aryl methyl sites for hydroxylation is 1. The number of halogens is 1. The fraction of sp³-hybridized carbons (Fsp3) is 0.368. The average molecular weight is 343 g/mol. The Hall–Kier alpha value is -2.63. The van der Waals surface area contributed by atoms with Crippen molar-refractivity contribution in [3.05, 3.63) is 53.1 Å². The Morgan fingerprint density at radius 3 is 2.28 bits per heavy atom. The van der Waals surface area contributed by atoms with Crippen LogP contribution < -0.4 is 5.73 Å². The Balaban J connectivity index is 1.84. The lowest BCUT2D eigenvalue weighted by Crippen LogP contribution is -2.41. The molecule has 1 aliphatic heterocycles. The monoisotopic (exact) mass is 343 g/mol. The van der Waals surface area contributed by atoms with E-state index in [2.05, 4.69) is 0 Å². The van der Waals surface area contributed by atoms with Crippen molar-refractivity contribution in [1.82, 2.24) is 9.47 Å². The molecule has 1 saturated heterocycles. The number of carbonyl (C=O) groups excluding carboxylic acids is 2. The van der Waals surface area contributed by atoms with Gasteiger partial charge in [-0.05, 0) is 57.0 Å². The van der Waals surface area contributed by atoms with Crippen LogP contribution in [0.3, 0.4) is 0 Å². The predicted molar refractivity (Wildman–Crippen MR) is 93.0 cm³/mol. The van der Waals surface area contributed by atoms with Crippen molar-refractivity contribution in [2.24, 2.45) is 11.7 Å². The van der Waals surface area contributed by atoms with Crippen LogP contribution in [-0.2, 0) is 4.79 Å². The number of nitrogens with two attached hydrogens (primary N) is 1. The number of piperidine rings is 1. The van der Waals surface area contributed by atoms with Crippen molar-refractivity contribution in [1.29, 1.82) is 0 Å². The Kier molecular flexibility index (Phi) is 4.61. The summed E-state index contributed by atoms with van der Waals surface area (Å²) in [5, 5.41) is 0. The molecule has 2 heterocycles. The first-order valence-electron chi connectivity index (χ1n) is 8.42. The summed E-state index contributed by atoms with van der Waals surface area (Å²) < 4.78 is 15.1. The Bertz CT molecular complexity index is 803. The van der Waals surface area contributed by atoms with Gasteiger partial charge in [-0.15, -0.1) is 0 Å². The third kappa shape index (κ3) is 3.29. The molecule has 6 heteroatoms. The van der Waals surface area contributed by atoms with Crippen LogP contribution in [0.25, 0.3) is 5.69 Å². The molecule has 2 aromatic rings.